The number of nitrogens with one attached hydrogen (secondary N) is 1. The number of benzene rings is 6. The number of halogens is 4. The van der Waals surface area contributed by atoms with Crippen molar-refractivity contribution in [2.75, 3.05) is 57.0 Å². The van der Waals surface area contributed by atoms with Crippen LogP contribution >= 0.6 is 64.8 Å². The van der Waals surface area contributed by atoms with Gasteiger partial charge in [-0.3, -0.25) is 24.8 Å². The molecule has 1 aliphatic heterocycles. The summed E-state index contributed by atoms with van der Waals surface area (Å²) in [6.45, 7) is 4.58. The molecular formula is C88H87Br4N11O28. The van der Waals surface area contributed by atoms with Gasteiger partial charge in [0.25, 0.3) is 11.5 Å². The van der Waals surface area contributed by atoms with Gasteiger partial charge in [0.05, 0.1) is 101 Å². The molecule has 6 aromatic carbocycles. The number of anilines is 3. The highest BCUT2D eigenvalue weighted by molar-refractivity contribution is 9.13. The first-order valence-corrected chi connectivity index (χ1v) is 41.0. The number of aromatic nitrogens is 2. The summed E-state index contributed by atoms with van der Waals surface area (Å²) in [5, 5.41) is 116. The van der Waals surface area contributed by atoms with Crippen LogP contribution in [0.1, 0.15) is 130 Å². The number of nitrogens with two attached hydrogens (primary N) is 4. The lowest BCUT2D eigenvalue weighted by Crippen LogP contribution is -2.20. The number of fused-ring (bicyclic) bond motifs is 2. The molecule has 7 aromatic heterocycles. The standard InChI is InChI=1S/C25H22N4O5.C14H16N2O.C12H9NO6.C12H11NO4.C11H9NO4.C5H2Br2O3.C5H3BrO3.2C2H7NO.BrH/c1-14-22(24(31)29(28-14)18-10-9-15-5-2-3-6-16(15)11-18)27-26-20-8-4-7-19(23(20)30)17-12-21(25(32)33)34-13-17;1-10-8-14(17)16(15-10)13-7-6-11-4-2-3-5-12(11)9-13;1-18-11-8(3-2-4-9(11)13(16)17)7-5-10(12(14)15)19-6-7;1-16-11-8(3-2-4-9(11)13)7-5-10(12(14)15)17-6-7;12-8-3-1-2-7(10(8)13)6-4-9(11(14)15)16-5-6;6-2-1-3(5(8)9)10-4(2)7;6-3-1-4(5(7)8)9-2-3;2*3-1-2-4;/h4,7-13,28,30H,2-3,5-6H2,1H3,(H,32,33);6-7,9H,2-5,8H2,1H3;2-6H,1H3,(H,14,15);2-6H,13H2,1H3,(H,14,15);1-5,13H,12H2,(H,14,15);1H,(H,8,9);1-2H,(H,7,8);2*4H,1-3H2;1H. The van der Waals surface area contributed by atoms with Crippen LogP contribution in [0.4, 0.5) is 34.1 Å². The summed E-state index contributed by atoms with van der Waals surface area (Å²) in [5.41, 5.74) is 33.6. The quantitative estimate of drug-likeness (QED) is 0.0118. The number of carbonyl (C=O) groups excluding carboxylic acids is 1. The number of aliphatic hydroxyl groups is 2. The van der Waals surface area contributed by atoms with Crippen LogP contribution in [0.5, 0.6) is 23.0 Å². The first-order valence-electron chi connectivity index (χ1n) is 38.6. The second kappa shape index (κ2) is 49.8. The molecule has 0 radical (unpaired) electrons. The summed E-state index contributed by atoms with van der Waals surface area (Å²) < 4.78 is 42.2. The minimum Gasteiger partial charge on any atom is -0.505 e. The number of azo groups is 1. The fraction of sp³-hybridized carbons (Fsp3) is 0.193. The number of para-hydroxylation sites is 4. The van der Waals surface area contributed by atoms with E-state index in [0.29, 0.717) is 94.8 Å². The Labute approximate surface area is 778 Å². The third-order valence-corrected chi connectivity index (χ3v) is 20.6. The number of carboxylic acid groups (broad SMARTS) is 6. The molecule has 19 N–H and O–H groups in total. The first-order chi connectivity index (χ1) is 62.1. The van der Waals surface area contributed by atoms with Crippen LogP contribution in [0.15, 0.2) is 237 Å². The first kappa shape index (κ1) is 104. The van der Waals surface area contributed by atoms with Gasteiger partial charge in [-0.25, -0.2) is 38.5 Å². The molecule has 3 aliphatic rings. The molecule has 8 heterocycles. The molecule has 43 heteroatoms. The van der Waals surface area contributed by atoms with Crippen molar-refractivity contribution >= 4 is 146 Å². The maximum absolute atomic E-state index is 13.1. The summed E-state index contributed by atoms with van der Waals surface area (Å²) in [4.78, 5) is 98.6. The molecule has 2 aliphatic carbocycles. The van der Waals surface area contributed by atoms with Gasteiger partial charge in [0.1, 0.15) is 23.4 Å². The summed E-state index contributed by atoms with van der Waals surface area (Å²) in [6.07, 6.45) is 16.1. The number of furan rings is 6. The number of phenolic OH excluding ortho intramolecular Hbond substituents is 2. The second-order valence-electron chi connectivity index (χ2n) is 27.4. The van der Waals surface area contributed by atoms with E-state index in [1.807, 2.05) is 25.1 Å². The van der Waals surface area contributed by atoms with Crippen molar-refractivity contribution in [1.29, 1.82) is 0 Å². The Hall–Kier alpha value is -14.5. The Morgan fingerprint density at radius 3 is 1.32 bits per heavy atom. The molecule has 0 spiro atoms. The largest absolute Gasteiger partial charge is 0.505 e. The fourth-order valence-corrected chi connectivity index (χ4v) is 13.3. The minimum atomic E-state index is -1.21. The Morgan fingerprint density at radius 2 is 0.924 bits per heavy atom. The van der Waals surface area contributed by atoms with E-state index in [1.54, 1.807) is 72.6 Å². The molecule has 0 saturated carbocycles. The maximum Gasteiger partial charge on any atom is 0.371 e. The van der Waals surface area contributed by atoms with Crippen LogP contribution in [0.25, 0.3) is 50.2 Å². The van der Waals surface area contributed by atoms with Gasteiger partial charge >= 0.3 is 41.5 Å². The number of aliphatic hydroxyl groups excluding tert-OH is 2. The number of rotatable bonds is 19. The molecule has 16 rings (SSSR count). The van der Waals surface area contributed by atoms with Crippen LogP contribution in [-0.2, 0) is 30.5 Å². The third-order valence-electron chi connectivity index (χ3n) is 18.5. The van der Waals surface area contributed by atoms with Crippen molar-refractivity contribution in [2.45, 2.75) is 71.6 Å². The molecule has 39 nitrogen and oxygen atoms in total. The number of H-pyrrole nitrogens is 1. The van der Waals surface area contributed by atoms with Crippen LogP contribution in [0, 0.1) is 17.0 Å². The number of nitro groups is 1. The fourth-order valence-electron chi connectivity index (χ4n) is 12.4. The summed E-state index contributed by atoms with van der Waals surface area (Å²) in [7, 11) is 2.82. The molecular weight excluding hydrogens is 1980 g/mol. The van der Waals surface area contributed by atoms with Crippen molar-refractivity contribution in [3.8, 4) is 73.2 Å². The van der Waals surface area contributed by atoms with E-state index in [1.165, 1.54) is 147 Å². The molecule has 0 fully saturated rings. The molecule has 0 bridgehead atoms. The predicted molar refractivity (Wildman–Crippen MR) is 494 cm³/mol. The smallest absolute Gasteiger partial charge is 0.371 e. The van der Waals surface area contributed by atoms with E-state index in [-0.39, 0.29) is 116 Å². The number of aromatic hydroxyl groups is 2. The average Bonchev–Trinajstić information content (AvgIpc) is 1.65. The maximum atomic E-state index is 13.1. The molecule has 1 amide bonds. The number of aromatic amines is 1. The Balaban J connectivity index is 0.000000213. The number of methoxy groups -OCH3 is 2. The number of nitrogens with zero attached hydrogens (tertiary/aromatic N) is 6. The number of nitro benzene ring substituents is 1. The van der Waals surface area contributed by atoms with Crippen molar-refractivity contribution in [3.63, 3.8) is 0 Å². The van der Waals surface area contributed by atoms with Gasteiger partial charge < -0.3 is 110 Å². The van der Waals surface area contributed by atoms with Gasteiger partial charge in [-0.2, -0.15) is 5.10 Å². The van der Waals surface area contributed by atoms with Gasteiger partial charge in [0.15, 0.2) is 16.1 Å². The molecule has 13 aromatic rings. The summed E-state index contributed by atoms with van der Waals surface area (Å²) in [5.74, 6) is -7.39. The molecule has 0 unspecified atom stereocenters. The summed E-state index contributed by atoms with van der Waals surface area (Å²) >= 11 is 9.13. The van der Waals surface area contributed by atoms with E-state index >= 15 is 0 Å². The Bertz CT molecular complexity index is 6280. The van der Waals surface area contributed by atoms with E-state index in [0.717, 1.165) is 42.8 Å². The zero-order valence-corrected chi connectivity index (χ0v) is 76.3. The lowest BCUT2D eigenvalue weighted by Gasteiger charge is -2.19. The van der Waals surface area contributed by atoms with Gasteiger partial charge in [-0.15, -0.1) is 27.2 Å². The van der Waals surface area contributed by atoms with Gasteiger partial charge in [0.2, 0.25) is 40.3 Å². The normalized spacial score (nSPS) is 11.9. The van der Waals surface area contributed by atoms with Gasteiger partial charge in [-0.1, -0.05) is 60.7 Å². The third kappa shape index (κ3) is 28.3. The molecule has 690 valence electrons. The number of aromatic carboxylic acids is 6. The number of carbonyl (C=O) groups is 7. The highest BCUT2D eigenvalue weighted by Crippen LogP contribution is 2.42. The second-order valence-corrected chi connectivity index (χ2v) is 29.9. The monoisotopic (exact) mass is 2060 g/mol. The Morgan fingerprint density at radius 1 is 0.519 bits per heavy atom. The number of aryl methyl sites for hydroxylation is 5. The van der Waals surface area contributed by atoms with E-state index in [4.69, 9.17) is 95.3 Å². The van der Waals surface area contributed by atoms with Crippen LogP contribution in [-0.4, -0.2) is 154 Å². The number of ether oxygens (including phenoxy) is 2. The highest BCUT2D eigenvalue weighted by Gasteiger charge is 2.27. The highest BCUT2D eigenvalue weighted by atomic mass is 79.9. The van der Waals surface area contributed by atoms with Crippen LogP contribution in [0.2, 0.25) is 0 Å². The average molecular weight is 2070 g/mol. The number of hydrogen-bond donors (Lipinski definition) is 15. The number of carboxylic acids is 6. The number of phenols is 2. The summed E-state index contributed by atoms with van der Waals surface area (Å²) in [6, 6.07) is 39.7. The lowest BCUT2D eigenvalue weighted by molar-refractivity contribution is -0.385. The number of amides is 1. The minimum absolute atomic E-state index is 0. The van der Waals surface area contributed by atoms with Crippen molar-refractivity contribution in [2.24, 2.45) is 26.8 Å². The predicted octanol–water partition coefficient (Wildman–Crippen LogP) is 17.5. The van der Waals surface area contributed by atoms with Gasteiger partial charge in [0, 0.05) is 81.5 Å². The van der Waals surface area contributed by atoms with E-state index in [9.17, 15) is 58.7 Å². The van der Waals surface area contributed by atoms with Crippen LogP contribution < -0.4 is 43.0 Å². The van der Waals surface area contributed by atoms with Gasteiger partial charge in [-0.05, 0) is 202 Å². The topological polar surface area (TPSA) is 644 Å². The lowest BCUT2D eigenvalue weighted by atomic mass is 9.91. The van der Waals surface area contributed by atoms with Crippen molar-refractivity contribution in [1.82, 2.24) is 9.78 Å². The zero-order chi connectivity index (χ0) is 95.2. The Kier molecular flexibility index (Phi) is 39.3. The van der Waals surface area contributed by atoms with Crippen molar-refractivity contribution in [3.05, 3.63) is 274 Å². The molecule has 131 heavy (non-hydrogen) atoms. The van der Waals surface area contributed by atoms with Crippen LogP contribution in [0.3, 0.4) is 0 Å². The van der Waals surface area contributed by atoms with E-state index in [2.05, 4.69) is 90.8 Å². The number of hydrazone groups is 1. The van der Waals surface area contributed by atoms with Crippen molar-refractivity contribution < 1.29 is 126 Å². The SMILES string of the molecule is Br.CC1=NN(c2ccc3c(c2)CCCC3)C(=O)C1.COc1c(-c2coc(C(=O)O)c2)cccc1[N+](=O)[O-].COc1c(N)cccc1-c1coc(C(=O)O)c1.Cc1[nH]n(-c2ccc3c(c2)CCCC3)c(=O)c1N=Nc1cccc(-c2coc(C(=O)O)c2)c1O.NCCO.NCCO.Nc1cccc(-c2coc(C(=O)O)c2)c1O.O=C(O)c1cc(Br)c(Br)o1.O=C(O)c1cc(Br)co1. The number of hydrogen-bond acceptors (Lipinski definition) is 29. The van der Waals surface area contributed by atoms with E-state index < -0.39 is 40.7 Å². The molecule has 0 saturated heterocycles. The number of nitrogen functional groups attached to an aromatic ring is 2. The molecule has 0 atom stereocenters. The zero-order valence-electron chi connectivity index (χ0n) is 69.8.